The second-order valence-corrected chi connectivity index (χ2v) is 12.4. The van der Waals surface area contributed by atoms with E-state index in [0.717, 1.165) is 17.1 Å². The smallest absolute Gasteiger partial charge is 0.0476 e. The minimum absolute atomic E-state index is 1.13. The number of rotatable bonds is 4. The van der Waals surface area contributed by atoms with Crippen molar-refractivity contribution in [3.8, 4) is 11.1 Å². The number of hydrogen-bond donors (Lipinski definition) is 0. The van der Waals surface area contributed by atoms with Crippen molar-refractivity contribution in [3.05, 3.63) is 164 Å². The van der Waals surface area contributed by atoms with Crippen LogP contribution in [0.3, 0.4) is 0 Å². The van der Waals surface area contributed by atoms with Crippen LogP contribution in [0.25, 0.3) is 63.6 Å². The van der Waals surface area contributed by atoms with Crippen molar-refractivity contribution in [1.29, 1.82) is 0 Å². The summed E-state index contributed by atoms with van der Waals surface area (Å²) in [7, 11) is 0. The van der Waals surface area contributed by atoms with Crippen LogP contribution in [0.2, 0.25) is 0 Å². The average molecular weight is 578 g/mol. The summed E-state index contributed by atoms with van der Waals surface area (Å²) in [5, 5.41) is 10.3. The van der Waals surface area contributed by atoms with Crippen molar-refractivity contribution in [2.45, 2.75) is 0 Å². The Kier molecular flexibility index (Phi) is 5.75. The molecule has 0 saturated carbocycles. The molecule has 8 aromatic carbocycles. The van der Waals surface area contributed by atoms with Crippen molar-refractivity contribution >= 4 is 80.9 Å². The topological polar surface area (TPSA) is 3.24 Å². The molecule has 0 amide bonds. The molecular formula is C42H27NS. The van der Waals surface area contributed by atoms with Crippen LogP contribution in [0.1, 0.15) is 0 Å². The van der Waals surface area contributed by atoms with Gasteiger partial charge in [0.1, 0.15) is 0 Å². The lowest BCUT2D eigenvalue weighted by Crippen LogP contribution is -2.09. The molecule has 0 spiro atoms. The standard InChI is InChI=1S/C42H27NS/c1-2-8-28(9-3-1)29-16-19-33(20-17-29)43(34-21-24-37-32(26-34)15-14-30-10-4-6-12-36(30)37)35-22-25-39-40-23-18-31-11-5-7-13-38(31)42(40)44-41(39)27-35/h1-27H. The molecule has 2 heteroatoms. The van der Waals surface area contributed by atoms with E-state index in [1.165, 1.54) is 63.6 Å². The Labute approximate surface area is 259 Å². The summed E-state index contributed by atoms with van der Waals surface area (Å²) in [6.07, 6.45) is 0. The summed E-state index contributed by atoms with van der Waals surface area (Å²) < 4.78 is 2.65. The molecule has 0 N–H and O–H groups in total. The Morgan fingerprint density at radius 2 is 0.886 bits per heavy atom. The predicted molar refractivity (Wildman–Crippen MR) is 192 cm³/mol. The number of nitrogens with zero attached hydrogens (tertiary/aromatic N) is 1. The number of anilines is 3. The molecule has 1 aromatic heterocycles. The molecule has 0 unspecified atom stereocenters. The zero-order chi connectivity index (χ0) is 29.0. The maximum atomic E-state index is 2.39. The van der Waals surface area contributed by atoms with Crippen molar-refractivity contribution in [2.75, 3.05) is 4.90 Å². The van der Waals surface area contributed by atoms with E-state index in [1.807, 2.05) is 11.3 Å². The summed E-state index contributed by atoms with van der Waals surface area (Å²) >= 11 is 1.89. The van der Waals surface area contributed by atoms with Crippen LogP contribution in [0.4, 0.5) is 17.1 Å². The molecule has 0 radical (unpaired) electrons. The number of fused-ring (bicyclic) bond motifs is 8. The Hall–Kier alpha value is -5.44. The normalized spacial score (nSPS) is 11.6. The summed E-state index contributed by atoms with van der Waals surface area (Å²) in [6, 6.07) is 59.7. The third-order valence-electron chi connectivity index (χ3n) is 8.82. The minimum Gasteiger partial charge on any atom is -0.310 e. The predicted octanol–water partition coefficient (Wildman–Crippen LogP) is 12.7. The van der Waals surface area contributed by atoms with Crippen LogP contribution in [0.15, 0.2) is 164 Å². The van der Waals surface area contributed by atoms with Crippen LogP contribution >= 0.6 is 11.3 Å². The van der Waals surface area contributed by atoms with Crippen LogP contribution in [-0.2, 0) is 0 Å². The van der Waals surface area contributed by atoms with E-state index in [0.29, 0.717) is 0 Å². The molecule has 0 bridgehead atoms. The van der Waals surface area contributed by atoms with E-state index in [4.69, 9.17) is 0 Å². The van der Waals surface area contributed by atoms with Gasteiger partial charge in [-0.15, -0.1) is 11.3 Å². The molecule has 206 valence electrons. The molecule has 0 aliphatic heterocycles. The molecule has 44 heavy (non-hydrogen) atoms. The molecular weight excluding hydrogens is 551 g/mol. The molecule has 0 atom stereocenters. The zero-order valence-electron chi connectivity index (χ0n) is 23.9. The molecule has 9 rings (SSSR count). The highest BCUT2D eigenvalue weighted by atomic mass is 32.1. The van der Waals surface area contributed by atoms with Crippen LogP contribution < -0.4 is 4.90 Å². The van der Waals surface area contributed by atoms with Gasteiger partial charge < -0.3 is 4.90 Å². The van der Waals surface area contributed by atoms with Gasteiger partial charge in [0.2, 0.25) is 0 Å². The van der Waals surface area contributed by atoms with E-state index in [-0.39, 0.29) is 0 Å². The molecule has 0 aliphatic rings. The quantitative estimate of drug-likeness (QED) is 0.188. The SMILES string of the molecule is c1ccc(-c2ccc(N(c3ccc4c(ccc5ccccc54)c3)c3ccc4c(c3)sc3c5ccccc5ccc43)cc2)cc1. The lowest BCUT2D eigenvalue weighted by Gasteiger charge is -2.26. The maximum absolute atomic E-state index is 2.39. The van der Waals surface area contributed by atoms with Gasteiger partial charge in [-0.25, -0.2) is 0 Å². The largest absolute Gasteiger partial charge is 0.310 e. The monoisotopic (exact) mass is 577 g/mol. The first-order valence-corrected chi connectivity index (χ1v) is 15.8. The van der Waals surface area contributed by atoms with Gasteiger partial charge in [-0.1, -0.05) is 127 Å². The molecule has 1 heterocycles. The van der Waals surface area contributed by atoms with Crippen LogP contribution in [-0.4, -0.2) is 0 Å². The number of hydrogen-bond acceptors (Lipinski definition) is 2. The Morgan fingerprint density at radius 1 is 0.341 bits per heavy atom. The summed E-state index contributed by atoms with van der Waals surface area (Å²) in [5.41, 5.74) is 5.87. The van der Waals surface area contributed by atoms with E-state index < -0.39 is 0 Å². The zero-order valence-corrected chi connectivity index (χ0v) is 24.8. The molecule has 1 nitrogen and oxygen atoms in total. The summed E-state index contributed by atoms with van der Waals surface area (Å²) in [4.78, 5) is 2.39. The van der Waals surface area contributed by atoms with Gasteiger partial charge in [0.15, 0.2) is 0 Å². The molecule has 0 fully saturated rings. The van der Waals surface area contributed by atoms with Crippen molar-refractivity contribution in [2.24, 2.45) is 0 Å². The second-order valence-electron chi connectivity index (χ2n) is 11.4. The Morgan fingerprint density at radius 3 is 1.70 bits per heavy atom. The van der Waals surface area contributed by atoms with Crippen LogP contribution in [0, 0.1) is 0 Å². The van der Waals surface area contributed by atoms with Crippen molar-refractivity contribution in [3.63, 3.8) is 0 Å². The lowest BCUT2D eigenvalue weighted by molar-refractivity contribution is 1.30. The Bertz CT molecular complexity index is 2490. The van der Waals surface area contributed by atoms with Gasteiger partial charge in [0.05, 0.1) is 0 Å². The fraction of sp³-hybridized carbons (Fsp3) is 0. The van der Waals surface area contributed by atoms with Gasteiger partial charge >= 0.3 is 0 Å². The third-order valence-corrected chi connectivity index (χ3v) is 10.0. The molecule has 9 aromatic rings. The van der Waals surface area contributed by atoms with Crippen molar-refractivity contribution in [1.82, 2.24) is 0 Å². The third kappa shape index (κ3) is 4.07. The first-order chi connectivity index (χ1) is 21.8. The fourth-order valence-corrected chi connectivity index (χ4v) is 7.92. The first-order valence-electron chi connectivity index (χ1n) is 15.0. The van der Waals surface area contributed by atoms with Gasteiger partial charge in [-0.05, 0) is 79.8 Å². The highest BCUT2D eigenvalue weighted by molar-refractivity contribution is 7.26. The van der Waals surface area contributed by atoms with Crippen molar-refractivity contribution < 1.29 is 0 Å². The minimum atomic E-state index is 1.13. The lowest BCUT2D eigenvalue weighted by atomic mass is 10.0. The first kappa shape index (κ1) is 25.1. The molecule has 0 aliphatic carbocycles. The highest BCUT2D eigenvalue weighted by Crippen LogP contribution is 2.43. The van der Waals surface area contributed by atoms with E-state index >= 15 is 0 Å². The number of benzene rings is 8. The van der Waals surface area contributed by atoms with E-state index in [2.05, 4.69) is 169 Å². The van der Waals surface area contributed by atoms with E-state index in [9.17, 15) is 0 Å². The van der Waals surface area contributed by atoms with Gasteiger partial charge in [-0.2, -0.15) is 0 Å². The average Bonchev–Trinajstić information content (AvgIpc) is 3.47. The van der Waals surface area contributed by atoms with Gasteiger partial charge in [0, 0.05) is 37.2 Å². The van der Waals surface area contributed by atoms with Gasteiger partial charge in [0.25, 0.3) is 0 Å². The highest BCUT2D eigenvalue weighted by Gasteiger charge is 2.16. The summed E-state index contributed by atoms with van der Waals surface area (Å²) in [5.74, 6) is 0. The van der Waals surface area contributed by atoms with E-state index in [1.54, 1.807) is 0 Å². The van der Waals surface area contributed by atoms with Gasteiger partial charge in [-0.3, -0.25) is 0 Å². The molecule has 0 saturated heterocycles. The maximum Gasteiger partial charge on any atom is 0.0476 e. The fourth-order valence-electron chi connectivity index (χ4n) is 6.65. The number of thiophene rings is 1. The second kappa shape index (κ2) is 10.1. The summed E-state index contributed by atoms with van der Waals surface area (Å²) in [6.45, 7) is 0. The van der Waals surface area contributed by atoms with Crippen LogP contribution in [0.5, 0.6) is 0 Å². The Balaban J connectivity index is 1.23.